The van der Waals surface area contributed by atoms with Crippen LogP contribution < -0.4 is 10.2 Å². The maximum Gasteiger partial charge on any atom is 0.259 e. The Hall–Kier alpha value is -2.05. The largest absolute Gasteiger partial charge is 0.380 e. The summed E-state index contributed by atoms with van der Waals surface area (Å²) in [6.45, 7) is 3.07. The molecule has 2 aromatic rings. The number of ether oxygens (including phenoxy) is 1. The number of aromatic nitrogens is 1. The number of carbonyl (C=O) groups excluding carboxylic acids is 1. The first-order valence-corrected chi connectivity index (χ1v) is 11.3. The van der Waals surface area contributed by atoms with Gasteiger partial charge in [-0.3, -0.25) is 4.79 Å². The predicted molar refractivity (Wildman–Crippen MR) is 115 cm³/mol. The lowest BCUT2D eigenvalue weighted by Crippen LogP contribution is -2.30. The summed E-state index contributed by atoms with van der Waals surface area (Å²) < 4.78 is 5.61. The molecule has 1 N–H and O–H groups in total. The summed E-state index contributed by atoms with van der Waals surface area (Å²) in [6.07, 6.45) is 6.65. The van der Waals surface area contributed by atoms with Gasteiger partial charge < -0.3 is 15.0 Å². The van der Waals surface area contributed by atoms with Gasteiger partial charge in [0.25, 0.3) is 5.91 Å². The van der Waals surface area contributed by atoms with Gasteiger partial charge in [0.1, 0.15) is 5.82 Å². The van der Waals surface area contributed by atoms with Gasteiger partial charge in [0, 0.05) is 41.9 Å². The Kier molecular flexibility index (Phi) is 6.17. The quantitative estimate of drug-likeness (QED) is 0.750. The van der Waals surface area contributed by atoms with E-state index in [4.69, 9.17) is 9.72 Å². The van der Waals surface area contributed by atoms with E-state index < -0.39 is 0 Å². The number of amides is 1. The number of rotatable bonds is 5. The second-order valence-electron chi connectivity index (χ2n) is 7.37. The third kappa shape index (κ3) is 4.33. The average molecular weight is 398 g/mol. The van der Waals surface area contributed by atoms with Gasteiger partial charge in [-0.05, 0) is 55.9 Å². The van der Waals surface area contributed by atoms with Crippen molar-refractivity contribution in [1.82, 2.24) is 4.98 Å². The van der Waals surface area contributed by atoms with Crippen molar-refractivity contribution in [3.63, 3.8) is 0 Å². The summed E-state index contributed by atoms with van der Waals surface area (Å²) in [7, 11) is 0. The molecule has 6 heteroatoms. The van der Waals surface area contributed by atoms with E-state index in [9.17, 15) is 4.79 Å². The van der Waals surface area contributed by atoms with Gasteiger partial charge in [-0.25, -0.2) is 4.98 Å². The lowest BCUT2D eigenvalue weighted by Gasteiger charge is -2.28. The van der Waals surface area contributed by atoms with Gasteiger partial charge in [-0.1, -0.05) is 12.5 Å². The van der Waals surface area contributed by atoms with Crippen molar-refractivity contribution in [2.45, 2.75) is 36.5 Å². The first-order chi connectivity index (χ1) is 13.7. The zero-order valence-corrected chi connectivity index (χ0v) is 17.1. The van der Waals surface area contributed by atoms with Crippen molar-refractivity contribution in [2.24, 2.45) is 0 Å². The maximum absolute atomic E-state index is 13.1. The highest BCUT2D eigenvalue weighted by molar-refractivity contribution is 7.98. The molecule has 1 aliphatic heterocycles. The third-order valence-electron chi connectivity index (χ3n) is 5.51. The number of benzene rings is 1. The molecule has 0 unspecified atom stereocenters. The van der Waals surface area contributed by atoms with Gasteiger partial charge in [-0.2, -0.15) is 0 Å². The monoisotopic (exact) mass is 397 g/mol. The van der Waals surface area contributed by atoms with Gasteiger partial charge in [0.2, 0.25) is 0 Å². The van der Waals surface area contributed by atoms with Crippen LogP contribution in [0, 0.1) is 0 Å². The molecule has 1 saturated heterocycles. The first kappa shape index (κ1) is 19.3. The number of pyridine rings is 1. The van der Waals surface area contributed by atoms with Crippen molar-refractivity contribution >= 4 is 29.2 Å². The highest BCUT2D eigenvalue weighted by Gasteiger charge is 2.25. The summed E-state index contributed by atoms with van der Waals surface area (Å²) in [5.41, 5.74) is 2.57. The van der Waals surface area contributed by atoms with Gasteiger partial charge >= 0.3 is 0 Å². The summed E-state index contributed by atoms with van der Waals surface area (Å²) in [4.78, 5) is 21.4. The second kappa shape index (κ2) is 8.97. The highest BCUT2D eigenvalue weighted by atomic mass is 32.2. The van der Waals surface area contributed by atoms with Crippen LogP contribution in [-0.4, -0.2) is 43.5 Å². The van der Waals surface area contributed by atoms with E-state index in [1.807, 2.05) is 42.7 Å². The summed E-state index contributed by atoms with van der Waals surface area (Å²) in [6, 6.07) is 11.9. The zero-order chi connectivity index (χ0) is 19.3. The highest BCUT2D eigenvalue weighted by Crippen LogP contribution is 2.36. The standard InChI is InChI=1S/C22H27N3O2S/c1-28-18-8-3-7-17(15-18)23-22(26)19-9-10-20(16-5-2-6-16)24-21(19)25-11-4-13-27-14-12-25/h3,7-10,15-16H,2,4-6,11-14H2,1H3,(H,23,26). The molecule has 2 fully saturated rings. The third-order valence-corrected chi connectivity index (χ3v) is 6.24. The fraction of sp³-hybridized carbons (Fsp3) is 0.455. The van der Waals surface area contributed by atoms with Crippen molar-refractivity contribution in [1.29, 1.82) is 0 Å². The van der Waals surface area contributed by atoms with Crippen LogP contribution in [0.5, 0.6) is 0 Å². The average Bonchev–Trinajstić information content (AvgIpc) is 2.96. The molecule has 5 nitrogen and oxygen atoms in total. The maximum atomic E-state index is 13.1. The molecule has 1 aliphatic carbocycles. The molecule has 2 aliphatic rings. The minimum Gasteiger partial charge on any atom is -0.380 e. The topological polar surface area (TPSA) is 54.5 Å². The number of hydrogen-bond donors (Lipinski definition) is 1. The SMILES string of the molecule is CSc1cccc(NC(=O)c2ccc(C3CCC3)nc2N2CCCOCC2)c1. The molecule has 0 spiro atoms. The lowest BCUT2D eigenvalue weighted by molar-refractivity contribution is 0.102. The molecule has 148 valence electrons. The van der Waals surface area contributed by atoms with E-state index in [0.29, 0.717) is 18.1 Å². The number of thioether (sulfide) groups is 1. The molecular formula is C22H27N3O2S. The van der Waals surface area contributed by atoms with Crippen molar-refractivity contribution in [2.75, 3.05) is 42.8 Å². The Morgan fingerprint density at radius 1 is 1.18 bits per heavy atom. The molecule has 1 amide bonds. The van der Waals surface area contributed by atoms with Gasteiger partial charge in [-0.15, -0.1) is 11.8 Å². The first-order valence-electron chi connectivity index (χ1n) is 10.0. The fourth-order valence-electron chi connectivity index (χ4n) is 3.67. The number of hydrogen-bond acceptors (Lipinski definition) is 5. The molecule has 4 rings (SSSR count). The van der Waals surface area contributed by atoms with E-state index >= 15 is 0 Å². The van der Waals surface area contributed by atoms with E-state index in [0.717, 1.165) is 48.2 Å². The van der Waals surface area contributed by atoms with E-state index in [1.54, 1.807) is 11.8 Å². The molecule has 1 saturated carbocycles. The van der Waals surface area contributed by atoms with E-state index in [2.05, 4.69) is 10.2 Å². The second-order valence-corrected chi connectivity index (χ2v) is 8.25. The molecule has 0 bridgehead atoms. The van der Waals surface area contributed by atoms with Gasteiger partial charge in [0.15, 0.2) is 0 Å². The fourth-order valence-corrected chi connectivity index (χ4v) is 4.13. The summed E-state index contributed by atoms with van der Waals surface area (Å²) in [5, 5.41) is 3.05. The molecular weight excluding hydrogens is 370 g/mol. The molecule has 0 atom stereocenters. The molecule has 0 radical (unpaired) electrons. The number of carbonyl (C=O) groups is 1. The van der Waals surface area contributed by atoms with Crippen LogP contribution in [0.15, 0.2) is 41.3 Å². The van der Waals surface area contributed by atoms with Crippen LogP contribution in [0.25, 0.3) is 0 Å². The Labute approximate surface area is 170 Å². The number of nitrogens with one attached hydrogen (secondary N) is 1. The van der Waals surface area contributed by atoms with E-state index in [1.165, 1.54) is 19.3 Å². The van der Waals surface area contributed by atoms with Crippen LogP contribution in [0.2, 0.25) is 0 Å². The minimum atomic E-state index is -0.105. The van der Waals surface area contributed by atoms with Gasteiger partial charge in [0.05, 0.1) is 12.2 Å². The minimum absolute atomic E-state index is 0.105. The molecule has 1 aromatic heterocycles. The molecule has 28 heavy (non-hydrogen) atoms. The Morgan fingerprint density at radius 3 is 2.86 bits per heavy atom. The van der Waals surface area contributed by atoms with Crippen LogP contribution in [0.3, 0.4) is 0 Å². The normalized spacial score (nSPS) is 17.7. The Balaban J connectivity index is 1.62. The van der Waals surface area contributed by atoms with E-state index in [-0.39, 0.29) is 5.91 Å². The number of anilines is 2. The van der Waals surface area contributed by atoms with Crippen molar-refractivity contribution < 1.29 is 9.53 Å². The zero-order valence-electron chi connectivity index (χ0n) is 16.3. The van der Waals surface area contributed by atoms with Crippen LogP contribution in [-0.2, 0) is 4.74 Å². The Morgan fingerprint density at radius 2 is 2.07 bits per heavy atom. The predicted octanol–water partition coefficient (Wildman–Crippen LogP) is 4.55. The van der Waals surface area contributed by atoms with Crippen LogP contribution in [0.4, 0.5) is 11.5 Å². The summed E-state index contributed by atoms with van der Waals surface area (Å²) in [5.74, 6) is 1.23. The smallest absolute Gasteiger partial charge is 0.259 e. The molecule has 1 aromatic carbocycles. The number of nitrogens with zero attached hydrogens (tertiary/aromatic N) is 2. The van der Waals surface area contributed by atoms with Crippen molar-refractivity contribution in [3.8, 4) is 0 Å². The Bertz CT molecular complexity index is 830. The summed E-state index contributed by atoms with van der Waals surface area (Å²) >= 11 is 1.66. The molecule has 2 heterocycles. The van der Waals surface area contributed by atoms with Crippen LogP contribution >= 0.6 is 11.8 Å². The van der Waals surface area contributed by atoms with Crippen molar-refractivity contribution in [3.05, 3.63) is 47.7 Å². The lowest BCUT2D eigenvalue weighted by atomic mass is 9.82. The van der Waals surface area contributed by atoms with Crippen LogP contribution in [0.1, 0.15) is 47.7 Å².